The van der Waals surface area contributed by atoms with Gasteiger partial charge in [-0.15, -0.1) is 0 Å². The van der Waals surface area contributed by atoms with Gasteiger partial charge in [0.05, 0.1) is 12.2 Å². The van der Waals surface area contributed by atoms with E-state index in [0.717, 1.165) is 22.4 Å². The van der Waals surface area contributed by atoms with E-state index < -0.39 is 0 Å². The Kier molecular flexibility index (Phi) is 4.24. The third-order valence-corrected chi connectivity index (χ3v) is 4.52. The molecule has 27 heavy (non-hydrogen) atoms. The number of nitrogens with one attached hydrogen (secondary N) is 2. The number of aromatic nitrogens is 4. The summed E-state index contributed by atoms with van der Waals surface area (Å²) in [5.41, 5.74) is 5.95. The van der Waals surface area contributed by atoms with E-state index in [1.54, 1.807) is 0 Å². The van der Waals surface area contributed by atoms with Gasteiger partial charge in [-0.25, -0.2) is 4.98 Å². The number of anilines is 1. The highest BCUT2D eigenvalue weighted by Crippen LogP contribution is 2.18. The molecule has 0 radical (unpaired) electrons. The van der Waals surface area contributed by atoms with Gasteiger partial charge >= 0.3 is 0 Å². The van der Waals surface area contributed by atoms with Gasteiger partial charge in [-0.3, -0.25) is 9.89 Å². The van der Waals surface area contributed by atoms with Gasteiger partial charge in [0.2, 0.25) is 0 Å². The van der Waals surface area contributed by atoms with Crippen LogP contribution in [-0.2, 0) is 6.54 Å². The molecule has 2 aromatic heterocycles. The Labute approximate surface area is 156 Å². The molecule has 6 heteroatoms. The van der Waals surface area contributed by atoms with Crippen molar-refractivity contribution in [3.63, 3.8) is 0 Å². The van der Waals surface area contributed by atoms with Crippen molar-refractivity contribution in [3.05, 3.63) is 81.3 Å². The van der Waals surface area contributed by atoms with Crippen LogP contribution in [-0.4, -0.2) is 19.6 Å². The molecule has 0 atom stereocenters. The molecule has 0 aliphatic heterocycles. The Morgan fingerprint density at radius 1 is 1.00 bits per heavy atom. The number of benzene rings is 2. The van der Waals surface area contributed by atoms with Gasteiger partial charge in [-0.05, 0) is 38.5 Å². The molecule has 2 heterocycles. The number of aryl methyl sites for hydroxylation is 3. The summed E-state index contributed by atoms with van der Waals surface area (Å²) in [6.07, 6.45) is 0. The quantitative estimate of drug-likeness (QED) is 0.583. The van der Waals surface area contributed by atoms with Crippen molar-refractivity contribution < 1.29 is 0 Å². The van der Waals surface area contributed by atoms with Crippen molar-refractivity contribution in [2.24, 2.45) is 0 Å². The summed E-state index contributed by atoms with van der Waals surface area (Å²) in [7, 11) is 0. The van der Waals surface area contributed by atoms with Crippen molar-refractivity contribution in [2.75, 3.05) is 5.32 Å². The molecule has 0 amide bonds. The Balaban J connectivity index is 1.64. The monoisotopic (exact) mass is 359 g/mol. The van der Waals surface area contributed by atoms with Crippen molar-refractivity contribution in [3.8, 4) is 11.4 Å². The minimum Gasteiger partial charge on any atom is -0.379 e. The number of fused-ring (bicyclic) bond motifs is 1. The minimum absolute atomic E-state index is 0.177. The first-order valence-corrected chi connectivity index (χ1v) is 8.86. The van der Waals surface area contributed by atoms with E-state index in [9.17, 15) is 4.79 Å². The van der Waals surface area contributed by atoms with Gasteiger partial charge in [0, 0.05) is 17.3 Å². The molecule has 0 saturated heterocycles. The number of H-pyrrole nitrogens is 1. The number of aromatic amines is 1. The molecule has 0 saturated carbocycles. The van der Waals surface area contributed by atoms with Crippen LogP contribution < -0.4 is 10.9 Å². The second kappa shape index (κ2) is 6.72. The lowest BCUT2D eigenvalue weighted by atomic mass is 10.1. The van der Waals surface area contributed by atoms with Crippen molar-refractivity contribution in [1.29, 1.82) is 0 Å². The normalized spacial score (nSPS) is 11.1. The fourth-order valence-corrected chi connectivity index (χ4v) is 3.14. The first kappa shape index (κ1) is 17.0. The van der Waals surface area contributed by atoms with Crippen LogP contribution in [0, 0.1) is 20.8 Å². The molecule has 0 fully saturated rings. The number of rotatable bonds is 4. The summed E-state index contributed by atoms with van der Waals surface area (Å²) in [6.45, 7) is 6.61. The van der Waals surface area contributed by atoms with Crippen LogP contribution in [0.1, 0.15) is 22.4 Å². The van der Waals surface area contributed by atoms with Crippen LogP contribution >= 0.6 is 0 Å². The van der Waals surface area contributed by atoms with E-state index in [-0.39, 0.29) is 5.56 Å². The third-order valence-electron chi connectivity index (χ3n) is 4.52. The maximum Gasteiger partial charge on any atom is 0.274 e. The van der Waals surface area contributed by atoms with Crippen LogP contribution in [0.2, 0.25) is 0 Å². The van der Waals surface area contributed by atoms with Gasteiger partial charge in [0.25, 0.3) is 11.3 Å². The molecule has 0 aliphatic carbocycles. The Morgan fingerprint density at radius 2 is 1.81 bits per heavy atom. The molecule has 6 nitrogen and oxygen atoms in total. The average Bonchev–Trinajstić information content (AvgIpc) is 3.06. The molecule has 0 unspecified atom stereocenters. The summed E-state index contributed by atoms with van der Waals surface area (Å²) < 4.78 is 1.37. The summed E-state index contributed by atoms with van der Waals surface area (Å²) in [5.74, 6) is 0.999. The van der Waals surface area contributed by atoms with Gasteiger partial charge < -0.3 is 5.32 Å². The highest BCUT2D eigenvalue weighted by atomic mass is 16.1. The molecule has 2 aromatic carbocycles. The van der Waals surface area contributed by atoms with E-state index in [4.69, 9.17) is 0 Å². The standard InChI is InChI=1S/C21H21N5O/c1-13-5-4-6-16(10-13)20-24-21-23-17(11-19(27)26(21)25-20)12-22-18-8-7-14(2)9-15(18)3/h4-11,22H,12H2,1-3H3,(H,23,24,25). The first-order chi connectivity index (χ1) is 13.0. The largest absolute Gasteiger partial charge is 0.379 e. The molecular weight excluding hydrogens is 338 g/mol. The van der Waals surface area contributed by atoms with Crippen molar-refractivity contribution >= 4 is 11.5 Å². The van der Waals surface area contributed by atoms with E-state index in [2.05, 4.69) is 46.4 Å². The number of nitrogens with zero attached hydrogens (tertiary/aromatic N) is 3. The SMILES string of the molecule is Cc1cccc(-c2nc3nc(CNc4ccc(C)cc4C)cc(=O)n3[nH]2)c1. The van der Waals surface area contributed by atoms with E-state index in [1.165, 1.54) is 16.1 Å². The molecule has 0 bridgehead atoms. The lowest BCUT2D eigenvalue weighted by molar-refractivity contribution is 0.878. The summed E-state index contributed by atoms with van der Waals surface area (Å²) >= 11 is 0. The molecule has 4 rings (SSSR count). The predicted molar refractivity (Wildman–Crippen MR) is 107 cm³/mol. The summed E-state index contributed by atoms with van der Waals surface area (Å²) in [4.78, 5) is 21.5. The van der Waals surface area contributed by atoms with Gasteiger partial charge in [0.1, 0.15) is 0 Å². The van der Waals surface area contributed by atoms with Crippen LogP contribution in [0.25, 0.3) is 17.2 Å². The lowest BCUT2D eigenvalue weighted by Gasteiger charge is -2.09. The Morgan fingerprint density at radius 3 is 2.59 bits per heavy atom. The molecule has 2 N–H and O–H groups in total. The lowest BCUT2D eigenvalue weighted by Crippen LogP contribution is -2.17. The smallest absolute Gasteiger partial charge is 0.274 e. The molecule has 0 aliphatic rings. The minimum atomic E-state index is -0.177. The maximum absolute atomic E-state index is 12.5. The highest BCUT2D eigenvalue weighted by Gasteiger charge is 2.10. The fourth-order valence-electron chi connectivity index (χ4n) is 3.14. The van der Waals surface area contributed by atoms with Crippen LogP contribution in [0.3, 0.4) is 0 Å². The van der Waals surface area contributed by atoms with Gasteiger partial charge in [-0.2, -0.15) is 9.50 Å². The van der Waals surface area contributed by atoms with Gasteiger partial charge in [-0.1, -0.05) is 41.5 Å². The van der Waals surface area contributed by atoms with E-state index >= 15 is 0 Å². The number of hydrogen-bond donors (Lipinski definition) is 2. The first-order valence-electron chi connectivity index (χ1n) is 8.86. The van der Waals surface area contributed by atoms with Crippen molar-refractivity contribution in [1.82, 2.24) is 19.6 Å². The Bertz CT molecular complexity index is 1190. The van der Waals surface area contributed by atoms with Gasteiger partial charge in [0.15, 0.2) is 5.82 Å². The topological polar surface area (TPSA) is 75.1 Å². The predicted octanol–water partition coefficient (Wildman–Crippen LogP) is 3.62. The zero-order chi connectivity index (χ0) is 19.0. The third kappa shape index (κ3) is 3.46. The zero-order valence-corrected chi connectivity index (χ0v) is 15.6. The molecule has 136 valence electrons. The van der Waals surface area contributed by atoms with E-state index in [1.807, 2.05) is 37.3 Å². The fraction of sp³-hybridized carbons (Fsp3) is 0.190. The van der Waals surface area contributed by atoms with Crippen LogP contribution in [0.15, 0.2) is 53.3 Å². The average molecular weight is 359 g/mol. The molecule has 0 spiro atoms. The second-order valence-corrected chi connectivity index (χ2v) is 6.83. The van der Waals surface area contributed by atoms with Crippen molar-refractivity contribution in [2.45, 2.75) is 27.3 Å². The molecular formula is C21H21N5O. The molecule has 4 aromatic rings. The number of hydrogen-bond acceptors (Lipinski definition) is 4. The Hall–Kier alpha value is -3.41. The highest BCUT2D eigenvalue weighted by molar-refractivity contribution is 5.58. The second-order valence-electron chi connectivity index (χ2n) is 6.83. The van der Waals surface area contributed by atoms with E-state index in [0.29, 0.717) is 23.8 Å². The summed E-state index contributed by atoms with van der Waals surface area (Å²) in [5, 5.41) is 6.38. The van der Waals surface area contributed by atoms with Crippen LogP contribution in [0.5, 0.6) is 0 Å². The maximum atomic E-state index is 12.5. The van der Waals surface area contributed by atoms with Crippen LogP contribution in [0.4, 0.5) is 5.69 Å². The zero-order valence-electron chi connectivity index (χ0n) is 15.6. The summed E-state index contributed by atoms with van der Waals surface area (Å²) in [6, 6.07) is 15.7.